The van der Waals surface area contributed by atoms with E-state index >= 15 is 0 Å². The van der Waals surface area contributed by atoms with E-state index < -0.39 is 0 Å². The number of carbonyl (C=O) groups is 1. The third-order valence-electron chi connectivity index (χ3n) is 5.08. The molecule has 30 heavy (non-hydrogen) atoms. The maximum atomic E-state index is 13.0. The number of hydrogen-bond donors (Lipinski definition) is 1. The molecular weight excluding hydrogens is 398 g/mol. The lowest BCUT2D eigenvalue weighted by molar-refractivity contribution is -0.116. The Morgan fingerprint density at radius 1 is 1.17 bits per heavy atom. The van der Waals surface area contributed by atoms with Crippen LogP contribution in [-0.4, -0.2) is 22.1 Å². The van der Waals surface area contributed by atoms with Crippen LogP contribution in [0.4, 0.5) is 5.82 Å². The van der Waals surface area contributed by atoms with Crippen LogP contribution in [0.3, 0.4) is 0 Å². The second-order valence-electron chi connectivity index (χ2n) is 7.11. The summed E-state index contributed by atoms with van der Waals surface area (Å²) in [5.74, 6) is 1.47. The van der Waals surface area contributed by atoms with E-state index in [-0.39, 0.29) is 23.8 Å². The third-order valence-corrected chi connectivity index (χ3v) is 6.18. The van der Waals surface area contributed by atoms with Crippen molar-refractivity contribution in [2.75, 3.05) is 11.9 Å². The van der Waals surface area contributed by atoms with Crippen LogP contribution in [0.2, 0.25) is 0 Å². The highest BCUT2D eigenvalue weighted by molar-refractivity contribution is 7.98. The van der Waals surface area contributed by atoms with Crippen molar-refractivity contribution >= 4 is 23.5 Å². The van der Waals surface area contributed by atoms with Gasteiger partial charge in [-0.25, -0.2) is 0 Å². The van der Waals surface area contributed by atoms with Crippen molar-refractivity contribution in [2.24, 2.45) is 7.05 Å². The molecule has 0 saturated carbocycles. The van der Waals surface area contributed by atoms with Gasteiger partial charge >= 0.3 is 0 Å². The van der Waals surface area contributed by atoms with Crippen molar-refractivity contribution in [3.8, 4) is 5.75 Å². The molecule has 2 aromatic carbocycles. The van der Waals surface area contributed by atoms with Crippen LogP contribution in [0.15, 0.2) is 64.5 Å². The number of thioether (sulfide) groups is 1. The Bertz CT molecular complexity index is 1130. The average molecular weight is 422 g/mol. The molecule has 0 aliphatic carbocycles. The van der Waals surface area contributed by atoms with Crippen LogP contribution < -0.4 is 15.6 Å². The van der Waals surface area contributed by atoms with Crippen molar-refractivity contribution < 1.29 is 9.53 Å². The van der Waals surface area contributed by atoms with Gasteiger partial charge in [0.2, 0.25) is 5.91 Å². The molecular formula is C23H23N3O3S. The lowest BCUT2D eigenvalue weighted by atomic mass is 9.86. The SMILES string of the molecule is CCOc1cccc([C@H]2CC(=O)Nc3c2c(=O)nc(SCc2ccccc2)n3C)c1. The number of nitrogens with one attached hydrogen (secondary N) is 1. The number of benzene rings is 2. The molecule has 3 aromatic rings. The first kappa shape index (κ1) is 20.2. The van der Waals surface area contributed by atoms with E-state index in [2.05, 4.69) is 10.3 Å². The molecule has 1 N–H and O–H groups in total. The van der Waals surface area contributed by atoms with Crippen molar-refractivity contribution in [2.45, 2.75) is 30.2 Å². The summed E-state index contributed by atoms with van der Waals surface area (Å²) in [6, 6.07) is 17.6. The Morgan fingerprint density at radius 2 is 1.97 bits per heavy atom. The third kappa shape index (κ3) is 4.11. The van der Waals surface area contributed by atoms with Gasteiger partial charge in [0.15, 0.2) is 5.16 Å². The van der Waals surface area contributed by atoms with E-state index in [0.29, 0.717) is 28.9 Å². The van der Waals surface area contributed by atoms with Crippen LogP contribution in [0, 0.1) is 0 Å². The minimum absolute atomic E-state index is 0.116. The number of amides is 1. The van der Waals surface area contributed by atoms with Gasteiger partial charge < -0.3 is 14.6 Å². The molecule has 2 heterocycles. The molecule has 0 spiro atoms. The van der Waals surface area contributed by atoms with Crippen LogP contribution in [-0.2, 0) is 17.6 Å². The molecule has 1 aliphatic rings. The lowest BCUT2D eigenvalue weighted by Crippen LogP contribution is -2.33. The van der Waals surface area contributed by atoms with E-state index in [1.807, 2.05) is 68.6 Å². The first-order valence-corrected chi connectivity index (χ1v) is 10.9. The Kier molecular flexibility index (Phi) is 5.90. The number of fused-ring (bicyclic) bond motifs is 1. The zero-order valence-electron chi connectivity index (χ0n) is 16.9. The van der Waals surface area contributed by atoms with E-state index in [1.165, 1.54) is 11.8 Å². The predicted molar refractivity (Wildman–Crippen MR) is 118 cm³/mol. The molecule has 0 bridgehead atoms. The Hall–Kier alpha value is -3.06. The smallest absolute Gasteiger partial charge is 0.279 e. The minimum Gasteiger partial charge on any atom is -0.494 e. The van der Waals surface area contributed by atoms with Gasteiger partial charge in [0, 0.05) is 25.1 Å². The largest absolute Gasteiger partial charge is 0.494 e. The first-order chi connectivity index (χ1) is 14.6. The standard InChI is InChI=1S/C23H23N3O3S/c1-3-29-17-11-7-10-16(12-17)18-13-19(27)24-21-20(18)22(28)25-23(26(21)2)30-14-15-8-5-4-6-9-15/h4-12,18H,3,13-14H2,1-2H3,(H,24,27)/t18-/m1/s1. The highest BCUT2D eigenvalue weighted by Crippen LogP contribution is 2.37. The summed E-state index contributed by atoms with van der Waals surface area (Å²) in [7, 11) is 1.83. The van der Waals surface area contributed by atoms with Gasteiger partial charge in [-0.2, -0.15) is 4.98 Å². The first-order valence-electron chi connectivity index (χ1n) is 9.87. The molecule has 0 fully saturated rings. The summed E-state index contributed by atoms with van der Waals surface area (Å²) in [4.78, 5) is 29.9. The molecule has 6 nitrogen and oxygen atoms in total. The predicted octanol–water partition coefficient (Wildman–Crippen LogP) is 3.95. The maximum Gasteiger partial charge on any atom is 0.279 e. The molecule has 0 saturated heterocycles. The second-order valence-corrected chi connectivity index (χ2v) is 8.05. The molecule has 0 radical (unpaired) electrons. The lowest BCUT2D eigenvalue weighted by Gasteiger charge is -2.27. The molecule has 1 amide bonds. The second kappa shape index (κ2) is 8.75. The van der Waals surface area contributed by atoms with Gasteiger partial charge in [-0.05, 0) is 30.2 Å². The maximum absolute atomic E-state index is 13.0. The molecule has 1 aliphatic heterocycles. The van der Waals surface area contributed by atoms with Gasteiger partial charge in [-0.3, -0.25) is 9.59 Å². The normalized spacial score (nSPS) is 15.4. The van der Waals surface area contributed by atoms with Crippen LogP contribution in [0.5, 0.6) is 5.75 Å². The van der Waals surface area contributed by atoms with Crippen molar-refractivity contribution in [3.05, 3.63) is 81.6 Å². The number of nitrogens with zero attached hydrogens (tertiary/aromatic N) is 2. The monoisotopic (exact) mass is 421 g/mol. The number of aromatic nitrogens is 2. The fraction of sp³-hybridized carbons (Fsp3) is 0.261. The summed E-state index contributed by atoms with van der Waals surface area (Å²) in [5, 5.41) is 3.46. The Morgan fingerprint density at radius 3 is 2.73 bits per heavy atom. The molecule has 7 heteroatoms. The van der Waals surface area contributed by atoms with E-state index in [9.17, 15) is 9.59 Å². The van der Waals surface area contributed by atoms with Crippen LogP contribution >= 0.6 is 11.8 Å². The minimum atomic E-state index is -0.353. The van der Waals surface area contributed by atoms with Gasteiger partial charge in [-0.1, -0.05) is 54.2 Å². The van der Waals surface area contributed by atoms with Crippen molar-refractivity contribution in [1.29, 1.82) is 0 Å². The highest BCUT2D eigenvalue weighted by atomic mass is 32.2. The molecule has 1 atom stereocenters. The number of anilines is 1. The average Bonchev–Trinajstić information content (AvgIpc) is 2.76. The van der Waals surface area contributed by atoms with Crippen molar-refractivity contribution in [1.82, 2.24) is 9.55 Å². The van der Waals surface area contributed by atoms with Gasteiger partial charge in [0.05, 0.1) is 12.2 Å². The van der Waals surface area contributed by atoms with Crippen LogP contribution in [0.25, 0.3) is 0 Å². The van der Waals surface area contributed by atoms with Gasteiger partial charge in [0.25, 0.3) is 5.56 Å². The van der Waals surface area contributed by atoms with E-state index in [0.717, 1.165) is 16.9 Å². The molecule has 1 aromatic heterocycles. The molecule has 0 unspecified atom stereocenters. The zero-order chi connectivity index (χ0) is 21.1. The van der Waals surface area contributed by atoms with Crippen LogP contribution in [0.1, 0.15) is 36.0 Å². The molecule has 4 rings (SSSR count). The number of rotatable bonds is 6. The summed E-state index contributed by atoms with van der Waals surface area (Å²) in [6.45, 7) is 2.47. The van der Waals surface area contributed by atoms with E-state index in [4.69, 9.17) is 4.74 Å². The van der Waals surface area contributed by atoms with Gasteiger partial charge in [0.1, 0.15) is 11.6 Å². The summed E-state index contributed by atoms with van der Waals surface area (Å²) >= 11 is 1.47. The summed E-state index contributed by atoms with van der Waals surface area (Å²) in [6.07, 6.45) is 0.204. The van der Waals surface area contributed by atoms with E-state index in [1.54, 1.807) is 4.57 Å². The number of hydrogen-bond acceptors (Lipinski definition) is 5. The fourth-order valence-corrected chi connectivity index (χ4v) is 4.58. The zero-order valence-corrected chi connectivity index (χ0v) is 17.7. The topological polar surface area (TPSA) is 73.2 Å². The highest BCUT2D eigenvalue weighted by Gasteiger charge is 2.32. The number of ether oxygens (including phenoxy) is 1. The summed E-state index contributed by atoms with van der Waals surface area (Å²) in [5.41, 5.74) is 2.24. The fourth-order valence-electron chi connectivity index (χ4n) is 3.66. The van der Waals surface area contributed by atoms with Gasteiger partial charge in [-0.15, -0.1) is 0 Å². The Labute approximate surface area is 179 Å². The summed E-state index contributed by atoms with van der Waals surface area (Å²) < 4.78 is 7.40. The van der Waals surface area contributed by atoms with Crippen molar-refractivity contribution in [3.63, 3.8) is 0 Å². The molecule has 154 valence electrons. The Balaban J connectivity index is 1.71. The number of carbonyl (C=O) groups excluding carboxylic acids is 1. The quantitative estimate of drug-likeness (QED) is 0.482.